The molecule has 4 aromatic carbocycles. The van der Waals surface area contributed by atoms with Gasteiger partial charge in [-0.25, -0.2) is 0 Å². The molecule has 0 aliphatic carbocycles. The van der Waals surface area contributed by atoms with Crippen LogP contribution in [0, 0.1) is 6.92 Å². The van der Waals surface area contributed by atoms with Crippen LogP contribution in [0.25, 0.3) is 32.3 Å². The van der Waals surface area contributed by atoms with E-state index in [1.54, 1.807) is 7.11 Å². The van der Waals surface area contributed by atoms with E-state index in [1.165, 1.54) is 37.9 Å². The van der Waals surface area contributed by atoms with Crippen LogP contribution in [0.1, 0.15) is 5.56 Å². The van der Waals surface area contributed by atoms with E-state index < -0.39 is 0 Å². The molecule has 21 heavy (non-hydrogen) atoms. The molecule has 0 aliphatic heterocycles. The molecule has 0 aliphatic rings. The van der Waals surface area contributed by atoms with Gasteiger partial charge in [0.15, 0.2) is 0 Å². The average Bonchev–Trinajstić information content (AvgIpc) is 2.53. The molecule has 0 N–H and O–H groups in total. The largest absolute Gasteiger partial charge is 0.497 e. The maximum Gasteiger partial charge on any atom is 0.119 e. The van der Waals surface area contributed by atoms with Crippen LogP contribution in [0.4, 0.5) is 0 Å². The SMILES string of the molecule is COc1ccc2ccc3c4ccccc4cc(C)c3c2c1. The van der Waals surface area contributed by atoms with Crippen LogP contribution in [0.2, 0.25) is 0 Å². The first-order chi connectivity index (χ1) is 10.3. The first kappa shape index (κ1) is 12.2. The van der Waals surface area contributed by atoms with Crippen LogP contribution >= 0.6 is 0 Å². The fourth-order valence-corrected chi connectivity index (χ4v) is 3.25. The highest BCUT2D eigenvalue weighted by Gasteiger charge is 2.08. The second kappa shape index (κ2) is 4.49. The molecule has 4 aromatic rings. The summed E-state index contributed by atoms with van der Waals surface area (Å²) in [6.45, 7) is 2.19. The van der Waals surface area contributed by atoms with E-state index in [1.807, 2.05) is 6.07 Å². The topological polar surface area (TPSA) is 9.23 Å². The molecule has 0 radical (unpaired) electrons. The normalized spacial score (nSPS) is 11.3. The maximum atomic E-state index is 5.40. The molecule has 102 valence electrons. The summed E-state index contributed by atoms with van der Waals surface area (Å²) in [7, 11) is 1.72. The van der Waals surface area contributed by atoms with E-state index >= 15 is 0 Å². The maximum absolute atomic E-state index is 5.40. The van der Waals surface area contributed by atoms with Gasteiger partial charge < -0.3 is 4.74 Å². The summed E-state index contributed by atoms with van der Waals surface area (Å²) in [6.07, 6.45) is 0. The van der Waals surface area contributed by atoms with Crippen molar-refractivity contribution < 1.29 is 4.74 Å². The number of methoxy groups -OCH3 is 1. The van der Waals surface area contributed by atoms with Gasteiger partial charge in [0.1, 0.15) is 5.75 Å². The van der Waals surface area contributed by atoms with Crippen molar-refractivity contribution >= 4 is 32.3 Å². The third-order valence-electron chi connectivity index (χ3n) is 4.25. The summed E-state index contributed by atoms with van der Waals surface area (Å²) >= 11 is 0. The molecule has 0 amide bonds. The highest BCUT2D eigenvalue weighted by molar-refractivity contribution is 6.18. The van der Waals surface area contributed by atoms with E-state index in [9.17, 15) is 0 Å². The Hall–Kier alpha value is -2.54. The molecule has 0 saturated carbocycles. The van der Waals surface area contributed by atoms with E-state index in [2.05, 4.69) is 61.5 Å². The Morgan fingerprint density at radius 2 is 1.52 bits per heavy atom. The summed E-state index contributed by atoms with van der Waals surface area (Å²) in [6, 6.07) is 21.6. The van der Waals surface area contributed by atoms with Gasteiger partial charge in [-0.1, -0.05) is 48.5 Å². The number of ether oxygens (including phenoxy) is 1. The zero-order valence-electron chi connectivity index (χ0n) is 12.2. The summed E-state index contributed by atoms with van der Waals surface area (Å²) in [5, 5.41) is 7.75. The van der Waals surface area contributed by atoms with Crippen molar-refractivity contribution in [3.05, 3.63) is 66.2 Å². The van der Waals surface area contributed by atoms with Gasteiger partial charge in [-0.2, -0.15) is 0 Å². The molecule has 1 heteroatoms. The lowest BCUT2D eigenvalue weighted by molar-refractivity contribution is 0.415. The van der Waals surface area contributed by atoms with E-state index in [0.29, 0.717) is 0 Å². The van der Waals surface area contributed by atoms with Gasteiger partial charge in [0.05, 0.1) is 7.11 Å². The van der Waals surface area contributed by atoms with Crippen LogP contribution in [0.3, 0.4) is 0 Å². The average molecular weight is 272 g/mol. The van der Waals surface area contributed by atoms with Crippen molar-refractivity contribution in [1.82, 2.24) is 0 Å². The minimum Gasteiger partial charge on any atom is -0.497 e. The molecular formula is C20H16O. The first-order valence-electron chi connectivity index (χ1n) is 7.17. The van der Waals surface area contributed by atoms with E-state index in [4.69, 9.17) is 4.74 Å². The second-order valence-corrected chi connectivity index (χ2v) is 5.49. The molecule has 0 unspecified atom stereocenters. The van der Waals surface area contributed by atoms with E-state index in [-0.39, 0.29) is 0 Å². The Morgan fingerprint density at radius 3 is 2.38 bits per heavy atom. The Labute approximate surface area is 123 Å². The molecule has 0 spiro atoms. The molecule has 1 nitrogen and oxygen atoms in total. The highest BCUT2D eigenvalue weighted by atomic mass is 16.5. The number of aryl methyl sites for hydroxylation is 1. The standard InChI is InChI=1S/C20H16O/c1-13-11-15-5-3-4-6-17(15)18-10-8-14-7-9-16(21-2)12-19(14)20(13)18/h3-12H,1-2H3. The van der Waals surface area contributed by atoms with Gasteiger partial charge in [0.25, 0.3) is 0 Å². The Morgan fingerprint density at radius 1 is 0.714 bits per heavy atom. The Balaban J connectivity index is 2.27. The third-order valence-corrected chi connectivity index (χ3v) is 4.25. The predicted octanol–water partition coefficient (Wildman–Crippen LogP) is 5.46. The summed E-state index contributed by atoms with van der Waals surface area (Å²) in [5.41, 5.74) is 1.31. The van der Waals surface area contributed by atoms with Gasteiger partial charge in [-0.15, -0.1) is 0 Å². The van der Waals surface area contributed by atoms with Gasteiger partial charge >= 0.3 is 0 Å². The summed E-state index contributed by atoms with van der Waals surface area (Å²) in [5.74, 6) is 0.905. The van der Waals surface area contributed by atoms with Gasteiger partial charge in [-0.3, -0.25) is 0 Å². The predicted molar refractivity (Wildman–Crippen MR) is 90.2 cm³/mol. The molecule has 0 fully saturated rings. The van der Waals surface area contributed by atoms with Crippen LogP contribution in [0.5, 0.6) is 5.75 Å². The lowest BCUT2D eigenvalue weighted by Crippen LogP contribution is -1.87. The first-order valence-corrected chi connectivity index (χ1v) is 7.17. The Kier molecular flexibility index (Phi) is 2.61. The molecule has 0 heterocycles. The van der Waals surface area contributed by atoms with Crippen LogP contribution in [-0.2, 0) is 0 Å². The number of rotatable bonds is 1. The van der Waals surface area contributed by atoms with Crippen molar-refractivity contribution in [2.45, 2.75) is 6.92 Å². The molecule has 0 atom stereocenters. The van der Waals surface area contributed by atoms with Gasteiger partial charge in [-0.05, 0) is 56.9 Å². The van der Waals surface area contributed by atoms with Crippen molar-refractivity contribution in [2.24, 2.45) is 0 Å². The second-order valence-electron chi connectivity index (χ2n) is 5.49. The lowest BCUT2D eigenvalue weighted by Gasteiger charge is -2.11. The van der Waals surface area contributed by atoms with E-state index in [0.717, 1.165) is 5.75 Å². The van der Waals surface area contributed by atoms with Crippen molar-refractivity contribution in [3.8, 4) is 5.75 Å². The van der Waals surface area contributed by atoms with Gasteiger partial charge in [0.2, 0.25) is 0 Å². The molecule has 0 bridgehead atoms. The van der Waals surface area contributed by atoms with Crippen molar-refractivity contribution in [3.63, 3.8) is 0 Å². The molecule has 4 rings (SSSR count). The minimum atomic E-state index is 0.905. The zero-order valence-corrected chi connectivity index (χ0v) is 12.2. The summed E-state index contributed by atoms with van der Waals surface area (Å²) in [4.78, 5) is 0. The van der Waals surface area contributed by atoms with Crippen LogP contribution < -0.4 is 4.74 Å². The highest BCUT2D eigenvalue weighted by Crippen LogP contribution is 2.35. The number of benzene rings is 4. The van der Waals surface area contributed by atoms with Gasteiger partial charge in [0, 0.05) is 0 Å². The van der Waals surface area contributed by atoms with Crippen molar-refractivity contribution in [1.29, 1.82) is 0 Å². The number of fused-ring (bicyclic) bond motifs is 5. The molecular weight excluding hydrogens is 256 g/mol. The van der Waals surface area contributed by atoms with Crippen molar-refractivity contribution in [2.75, 3.05) is 7.11 Å². The fraction of sp³-hybridized carbons (Fsp3) is 0.100. The minimum absolute atomic E-state index is 0.905. The number of hydrogen-bond acceptors (Lipinski definition) is 1. The summed E-state index contributed by atoms with van der Waals surface area (Å²) < 4.78 is 5.40. The Bertz CT molecular complexity index is 983. The monoisotopic (exact) mass is 272 g/mol. The molecule has 0 saturated heterocycles. The number of hydrogen-bond donors (Lipinski definition) is 0. The molecule has 0 aromatic heterocycles. The fourth-order valence-electron chi connectivity index (χ4n) is 3.25. The third kappa shape index (κ3) is 1.78. The zero-order chi connectivity index (χ0) is 14.4. The van der Waals surface area contributed by atoms with Crippen LogP contribution in [0.15, 0.2) is 60.7 Å². The van der Waals surface area contributed by atoms with Crippen LogP contribution in [-0.4, -0.2) is 7.11 Å². The lowest BCUT2D eigenvalue weighted by atomic mass is 9.93. The quantitative estimate of drug-likeness (QED) is 0.418. The smallest absolute Gasteiger partial charge is 0.119 e.